The van der Waals surface area contributed by atoms with Crippen LogP contribution >= 0.6 is 15.9 Å². The second-order valence-electron chi connectivity index (χ2n) is 6.10. The second-order valence-corrected chi connectivity index (χ2v) is 11.5. The molecule has 18 heavy (non-hydrogen) atoms. The van der Waals surface area contributed by atoms with Gasteiger partial charge in [-0.25, -0.2) is 0 Å². The molecule has 0 aliphatic carbocycles. The van der Waals surface area contributed by atoms with E-state index in [1.54, 1.807) is 0 Å². The zero-order valence-electron chi connectivity index (χ0n) is 11.8. The first kappa shape index (κ1) is 15.7. The van der Waals surface area contributed by atoms with E-state index in [0.717, 1.165) is 11.3 Å². The Kier molecular flexibility index (Phi) is 5.03. The lowest BCUT2D eigenvalue weighted by Gasteiger charge is -2.36. The summed E-state index contributed by atoms with van der Waals surface area (Å²) in [5.74, 6) is 0.895. The van der Waals surface area contributed by atoms with Gasteiger partial charge < -0.3 is 9.53 Å². The average Bonchev–Trinajstić information content (AvgIpc) is 2.27. The molecule has 0 unspecified atom stereocenters. The Labute approximate surface area is 120 Å². The summed E-state index contributed by atoms with van der Waals surface area (Å²) >= 11 is 3.27. The van der Waals surface area contributed by atoms with Crippen molar-refractivity contribution in [3.8, 4) is 5.75 Å². The summed E-state index contributed by atoms with van der Waals surface area (Å²) in [6.07, 6.45) is -0.452. The fraction of sp³-hybridized carbons (Fsp3) is 0.571. The van der Waals surface area contributed by atoms with Crippen molar-refractivity contribution in [1.82, 2.24) is 0 Å². The first-order chi connectivity index (χ1) is 8.17. The number of hydrogen-bond acceptors (Lipinski definition) is 2. The van der Waals surface area contributed by atoms with E-state index < -0.39 is 14.4 Å². The summed E-state index contributed by atoms with van der Waals surface area (Å²) in [7, 11) is -1.77. The SMILES string of the molecule is CC(C)(C)[Si](C)(C)Oc1ccc([C@H](O)CBr)cc1. The molecular weight excluding hydrogens is 308 g/mol. The minimum Gasteiger partial charge on any atom is -0.544 e. The highest BCUT2D eigenvalue weighted by molar-refractivity contribution is 9.09. The molecule has 0 aliphatic heterocycles. The van der Waals surface area contributed by atoms with Gasteiger partial charge in [-0.2, -0.15) is 0 Å². The van der Waals surface area contributed by atoms with Crippen molar-refractivity contribution in [3.05, 3.63) is 29.8 Å². The van der Waals surface area contributed by atoms with Gasteiger partial charge in [0.25, 0.3) is 0 Å². The number of hydrogen-bond donors (Lipinski definition) is 1. The van der Waals surface area contributed by atoms with Crippen LogP contribution in [0.1, 0.15) is 32.4 Å². The van der Waals surface area contributed by atoms with Gasteiger partial charge in [0.15, 0.2) is 0 Å². The quantitative estimate of drug-likeness (QED) is 0.650. The lowest BCUT2D eigenvalue weighted by molar-refractivity contribution is 0.205. The summed E-state index contributed by atoms with van der Waals surface area (Å²) in [5, 5.41) is 10.4. The molecule has 1 aromatic carbocycles. The van der Waals surface area contributed by atoms with Crippen LogP contribution < -0.4 is 4.43 Å². The summed E-state index contributed by atoms with van der Waals surface area (Å²) in [5.41, 5.74) is 0.912. The van der Waals surface area contributed by atoms with Crippen LogP contribution in [0.3, 0.4) is 0 Å². The van der Waals surface area contributed by atoms with E-state index in [9.17, 15) is 5.11 Å². The van der Waals surface area contributed by atoms with Crippen LogP contribution in [0.4, 0.5) is 0 Å². The minimum atomic E-state index is -1.77. The molecule has 0 saturated carbocycles. The van der Waals surface area contributed by atoms with Crippen molar-refractivity contribution in [2.75, 3.05) is 5.33 Å². The zero-order valence-corrected chi connectivity index (χ0v) is 14.4. The molecule has 102 valence electrons. The zero-order chi connectivity index (χ0) is 14.0. The maximum Gasteiger partial charge on any atom is 0.250 e. The molecular formula is C14H23BrO2Si. The Morgan fingerprint density at radius 3 is 2.11 bits per heavy atom. The fourth-order valence-corrected chi connectivity index (χ4v) is 2.70. The molecule has 1 N–H and O–H groups in total. The van der Waals surface area contributed by atoms with Gasteiger partial charge in [0.05, 0.1) is 6.10 Å². The topological polar surface area (TPSA) is 29.5 Å². The van der Waals surface area contributed by atoms with Crippen LogP contribution in [0.2, 0.25) is 18.1 Å². The highest BCUT2D eigenvalue weighted by Crippen LogP contribution is 2.37. The molecule has 0 aromatic heterocycles. The minimum absolute atomic E-state index is 0.195. The van der Waals surface area contributed by atoms with E-state index in [1.165, 1.54) is 0 Å². The molecule has 0 saturated heterocycles. The molecule has 0 aliphatic rings. The van der Waals surface area contributed by atoms with Crippen molar-refractivity contribution >= 4 is 24.2 Å². The first-order valence-corrected chi connectivity index (χ1v) is 10.2. The molecule has 0 amide bonds. The molecule has 0 spiro atoms. The van der Waals surface area contributed by atoms with Crippen LogP contribution in [0.25, 0.3) is 0 Å². The Balaban J connectivity index is 2.81. The Morgan fingerprint density at radius 1 is 1.22 bits per heavy atom. The molecule has 0 heterocycles. The summed E-state index contributed by atoms with van der Waals surface area (Å²) in [6, 6.07) is 7.74. The van der Waals surface area contributed by atoms with Crippen molar-refractivity contribution in [2.45, 2.75) is 45.0 Å². The van der Waals surface area contributed by atoms with E-state index in [1.807, 2.05) is 24.3 Å². The van der Waals surface area contributed by atoms with Crippen molar-refractivity contribution in [2.24, 2.45) is 0 Å². The smallest absolute Gasteiger partial charge is 0.250 e. The van der Waals surface area contributed by atoms with Crippen LogP contribution in [0.15, 0.2) is 24.3 Å². The third-order valence-electron chi connectivity index (χ3n) is 3.59. The standard InChI is InChI=1S/C14H23BrO2Si/c1-14(2,3)18(4,5)17-12-8-6-11(7-9-12)13(16)10-15/h6-9,13,16H,10H2,1-5H3/t13-/m1/s1. The van der Waals surface area contributed by atoms with Gasteiger partial charge >= 0.3 is 0 Å². The largest absolute Gasteiger partial charge is 0.544 e. The molecule has 0 radical (unpaired) electrons. The van der Waals surface area contributed by atoms with Crippen molar-refractivity contribution < 1.29 is 9.53 Å². The maximum absolute atomic E-state index is 9.70. The van der Waals surface area contributed by atoms with E-state index in [2.05, 4.69) is 49.8 Å². The normalized spacial score (nSPS) is 14.4. The van der Waals surface area contributed by atoms with Crippen LogP contribution in [0.5, 0.6) is 5.75 Å². The third kappa shape index (κ3) is 3.83. The molecule has 1 aromatic rings. The van der Waals surface area contributed by atoms with Crippen LogP contribution in [0, 0.1) is 0 Å². The van der Waals surface area contributed by atoms with Crippen molar-refractivity contribution in [3.63, 3.8) is 0 Å². The molecule has 4 heteroatoms. The van der Waals surface area contributed by atoms with Gasteiger partial charge in [-0.1, -0.05) is 48.8 Å². The number of alkyl halides is 1. The van der Waals surface area contributed by atoms with Gasteiger partial charge in [-0.3, -0.25) is 0 Å². The number of aliphatic hydroxyl groups is 1. The highest BCUT2D eigenvalue weighted by atomic mass is 79.9. The summed E-state index contributed by atoms with van der Waals surface area (Å²) < 4.78 is 6.18. The van der Waals surface area contributed by atoms with E-state index in [-0.39, 0.29) is 5.04 Å². The molecule has 1 rings (SSSR count). The van der Waals surface area contributed by atoms with Gasteiger partial charge in [0.2, 0.25) is 8.32 Å². The fourth-order valence-electron chi connectivity index (χ4n) is 1.29. The molecule has 0 fully saturated rings. The van der Waals surface area contributed by atoms with Crippen molar-refractivity contribution in [1.29, 1.82) is 0 Å². The van der Waals surface area contributed by atoms with E-state index in [4.69, 9.17) is 4.43 Å². The monoisotopic (exact) mass is 330 g/mol. The number of aliphatic hydroxyl groups excluding tert-OH is 1. The maximum atomic E-state index is 9.70. The van der Waals surface area contributed by atoms with Crippen LogP contribution in [-0.2, 0) is 0 Å². The summed E-state index contributed by atoms with van der Waals surface area (Å²) in [6.45, 7) is 11.1. The van der Waals surface area contributed by atoms with Gasteiger partial charge in [-0.05, 0) is 35.8 Å². The summed E-state index contributed by atoms with van der Waals surface area (Å²) in [4.78, 5) is 0. The highest BCUT2D eigenvalue weighted by Gasteiger charge is 2.38. The second kappa shape index (κ2) is 5.76. The number of halogens is 1. The molecule has 0 bridgehead atoms. The van der Waals surface area contributed by atoms with Crippen LogP contribution in [-0.4, -0.2) is 18.8 Å². The van der Waals surface area contributed by atoms with E-state index in [0.29, 0.717) is 5.33 Å². The average molecular weight is 331 g/mol. The Morgan fingerprint density at radius 2 is 1.72 bits per heavy atom. The lowest BCUT2D eigenvalue weighted by Crippen LogP contribution is -2.43. The third-order valence-corrected chi connectivity index (χ3v) is 8.56. The molecule has 1 atom stereocenters. The predicted molar refractivity (Wildman–Crippen MR) is 83.0 cm³/mol. The number of rotatable bonds is 4. The number of benzene rings is 1. The van der Waals surface area contributed by atoms with Gasteiger partial charge in [-0.15, -0.1) is 0 Å². The lowest BCUT2D eigenvalue weighted by atomic mass is 10.1. The predicted octanol–water partition coefficient (Wildman–Crippen LogP) is 4.50. The first-order valence-electron chi connectivity index (χ1n) is 6.20. The Hall–Kier alpha value is -0.323. The molecule has 2 nitrogen and oxygen atoms in total. The van der Waals surface area contributed by atoms with Gasteiger partial charge in [0, 0.05) is 5.33 Å². The van der Waals surface area contributed by atoms with E-state index >= 15 is 0 Å². The van der Waals surface area contributed by atoms with Gasteiger partial charge in [0.1, 0.15) is 5.75 Å². The Bertz CT molecular complexity index is 382.